The van der Waals surface area contributed by atoms with Crippen LogP contribution in [0, 0.1) is 31.5 Å². The third kappa shape index (κ3) is 6.00. The Morgan fingerprint density at radius 2 is 1.74 bits per heavy atom. The maximum atomic E-state index is 14.4. The number of hydrogen-bond donors (Lipinski definition) is 1. The molecule has 0 saturated heterocycles. The van der Waals surface area contributed by atoms with Gasteiger partial charge in [-0.1, -0.05) is 54.8 Å². The number of carboxylic acid groups (broad SMARTS) is 1. The summed E-state index contributed by atoms with van der Waals surface area (Å²) in [4.78, 5) is 11.6. The number of halogens is 4. The number of nitrogens with zero attached hydrogens (tertiary/aromatic N) is 2. The van der Waals surface area contributed by atoms with Crippen molar-refractivity contribution in [1.82, 2.24) is 0 Å². The highest BCUT2D eigenvalue weighted by molar-refractivity contribution is 5.96. The number of aryl methyl sites for hydroxylation is 2. The molecule has 0 amide bonds. The number of hydrogen-bond acceptors (Lipinski definition) is 3. The van der Waals surface area contributed by atoms with E-state index < -0.39 is 36.2 Å². The molecule has 1 aliphatic heterocycles. The van der Waals surface area contributed by atoms with Crippen LogP contribution >= 0.6 is 0 Å². The highest BCUT2D eigenvalue weighted by Gasteiger charge is 2.51. The predicted molar refractivity (Wildman–Crippen MR) is 143 cm³/mol. The van der Waals surface area contributed by atoms with Gasteiger partial charge in [0, 0.05) is 11.5 Å². The zero-order valence-electron chi connectivity index (χ0n) is 21.8. The summed E-state index contributed by atoms with van der Waals surface area (Å²) in [5.41, 5.74) is 4.87. The molecule has 0 aromatic heterocycles. The Balaban J connectivity index is 1.37. The Morgan fingerprint density at radius 1 is 1.03 bits per heavy atom. The number of carbonyl (C=O) groups is 1. The maximum absolute atomic E-state index is 14.4. The van der Waals surface area contributed by atoms with Crippen molar-refractivity contribution in [2.24, 2.45) is 16.9 Å². The van der Waals surface area contributed by atoms with Crippen molar-refractivity contribution >= 4 is 17.4 Å². The van der Waals surface area contributed by atoms with Gasteiger partial charge in [-0.3, -0.25) is 9.80 Å². The van der Waals surface area contributed by atoms with Gasteiger partial charge < -0.3 is 5.11 Å². The normalized spacial score (nSPS) is 19.3. The fourth-order valence-electron chi connectivity index (χ4n) is 5.43. The molecule has 0 spiro atoms. The van der Waals surface area contributed by atoms with Gasteiger partial charge in [0.1, 0.15) is 11.5 Å². The van der Waals surface area contributed by atoms with Crippen molar-refractivity contribution in [3.63, 3.8) is 0 Å². The molecule has 3 aromatic rings. The molecule has 0 radical (unpaired) electrons. The SMILES string of the molecule is Cc1ccc(F)c(-c2ccc(Cc3ccc(N4N=C(C(F)(F)F)C(CC5CC5)C4CC(=O)O)cc3)c(C)c2)c1. The van der Waals surface area contributed by atoms with Gasteiger partial charge in [0.25, 0.3) is 0 Å². The first-order valence-corrected chi connectivity index (χ1v) is 13.1. The van der Waals surface area contributed by atoms with E-state index in [-0.39, 0.29) is 11.7 Å². The van der Waals surface area contributed by atoms with E-state index in [0.29, 0.717) is 24.1 Å². The van der Waals surface area contributed by atoms with Crippen LogP contribution in [0.25, 0.3) is 11.1 Å². The Hall–Kier alpha value is -3.68. The summed E-state index contributed by atoms with van der Waals surface area (Å²) in [5.74, 6) is -2.20. The molecule has 2 atom stereocenters. The van der Waals surface area contributed by atoms with Gasteiger partial charge in [-0.15, -0.1) is 0 Å². The molecule has 1 heterocycles. The third-order valence-electron chi connectivity index (χ3n) is 7.67. The van der Waals surface area contributed by atoms with Crippen LogP contribution in [0.1, 0.15) is 47.9 Å². The van der Waals surface area contributed by atoms with E-state index in [2.05, 4.69) is 5.10 Å². The van der Waals surface area contributed by atoms with Crippen LogP contribution in [-0.4, -0.2) is 29.0 Å². The summed E-state index contributed by atoms with van der Waals surface area (Å²) in [6.07, 6.45) is -2.41. The van der Waals surface area contributed by atoms with Gasteiger partial charge in [-0.25, -0.2) is 4.39 Å². The first-order valence-electron chi connectivity index (χ1n) is 13.1. The van der Waals surface area contributed by atoms with E-state index in [0.717, 1.165) is 40.7 Å². The highest BCUT2D eigenvalue weighted by Crippen LogP contribution is 2.44. The summed E-state index contributed by atoms with van der Waals surface area (Å²) in [6.45, 7) is 3.89. The van der Waals surface area contributed by atoms with E-state index in [1.165, 1.54) is 11.1 Å². The third-order valence-corrected chi connectivity index (χ3v) is 7.67. The summed E-state index contributed by atoms with van der Waals surface area (Å²) >= 11 is 0. The Kier molecular flexibility index (Phi) is 7.23. The molecule has 3 aromatic carbocycles. The minimum absolute atomic E-state index is 0.193. The number of hydrazone groups is 1. The second-order valence-corrected chi connectivity index (χ2v) is 10.7. The lowest BCUT2D eigenvalue weighted by molar-refractivity contribution is -0.137. The molecule has 1 aliphatic carbocycles. The Morgan fingerprint density at radius 3 is 2.36 bits per heavy atom. The fraction of sp³-hybridized carbons (Fsp3) is 0.355. The minimum Gasteiger partial charge on any atom is -0.481 e. The first-order chi connectivity index (χ1) is 18.5. The van der Waals surface area contributed by atoms with E-state index in [4.69, 9.17) is 0 Å². The first kappa shape index (κ1) is 26.9. The standard InChI is InChI=1S/C31H30F4N2O2/c1-18-3-12-27(32)25(13-18)23-9-8-22(19(2)14-23)15-20-6-10-24(11-7-20)37-28(17-29(38)39)26(16-21-4-5-21)30(36-37)31(33,34)35/h3,6-14,21,26,28H,4-5,15-17H2,1-2H3,(H,38,39). The second-order valence-electron chi connectivity index (χ2n) is 10.7. The van der Waals surface area contributed by atoms with Crippen LogP contribution in [0.3, 0.4) is 0 Å². The monoisotopic (exact) mass is 538 g/mol. The van der Waals surface area contributed by atoms with Gasteiger partial charge in [0.15, 0.2) is 0 Å². The lowest BCUT2D eigenvalue weighted by atomic mass is 9.87. The lowest BCUT2D eigenvalue weighted by Gasteiger charge is -2.27. The van der Waals surface area contributed by atoms with Crippen molar-refractivity contribution in [3.8, 4) is 11.1 Å². The van der Waals surface area contributed by atoms with Crippen LogP contribution < -0.4 is 5.01 Å². The fourth-order valence-corrected chi connectivity index (χ4v) is 5.43. The number of rotatable bonds is 8. The molecule has 1 saturated carbocycles. The zero-order valence-corrected chi connectivity index (χ0v) is 21.8. The quantitative estimate of drug-likeness (QED) is 0.299. The largest absolute Gasteiger partial charge is 0.481 e. The van der Waals surface area contributed by atoms with Crippen LogP contribution in [0.15, 0.2) is 65.8 Å². The second kappa shape index (κ2) is 10.5. The maximum Gasteiger partial charge on any atom is 0.431 e. The molecule has 5 rings (SSSR count). The average molecular weight is 539 g/mol. The number of aliphatic carboxylic acids is 1. The molecule has 2 unspecified atom stereocenters. The molecule has 8 heteroatoms. The van der Waals surface area contributed by atoms with Crippen LogP contribution in [-0.2, 0) is 11.2 Å². The van der Waals surface area contributed by atoms with Crippen LogP contribution in [0.5, 0.6) is 0 Å². The molecule has 1 N–H and O–H groups in total. The molecule has 0 bridgehead atoms. The minimum atomic E-state index is -4.62. The van der Waals surface area contributed by atoms with Gasteiger partial charge in [0.05, 0.1) is 18.2 Å². The van der Waals surface area contributed by atoms with Gasteiger partial charge in [-0.05, 0) is 79.1 Å². The number of alkyl halides is 3. The van der Waals surface area contributed by atoms with Crippen molar-refractivity contribution in [1.29, 1.82) is 0 Å². The lowest BCUT2D eigenvalue weighted by Crippen LogP contribution is -2.38. The summed E-state index contributed by atoms with van der Waals surface area (Å²) < 4.78 is 56.0. The van der Waals surface area contributed by atoms with Gasteiger partial charge in [0.2, 0.25) is 0 Å². The van der Waals surface area contributed by atoms with E-state index in [1.54, 1.807) is 18.2 Å². The molecule has 2 aliphatic rings. The average Bonchev–Trinajstić information content (AvgIpc) is 3.62. The number of benzene rings is 3. The Bertz CT molecular complexity index is 1410. The molecule has 204 valence electrons. The zero-order chi connectivity index (χ0) is 27.9. The van der Waals surface area contributed by atoms with Gasteiger partial charge >= 0.3 is 12.1 Å². The smallest absolute Gasteiger partial charge is 0.431 e. The molecule has 4 nitrogen and oxygen atoms in total. The van der Waals surface area contributed by atoms with Crippen molar-refractivity contribution in [3.05, 3.63) is 88.7 Å². The van der Waals surface area contributed by atoms with E-state index in [1.807, 2.05) is 50.2 Å². The Labute approximate surface area is 225 Å². The molecule has 39 heavy (non-hydrogen) atoms. The van der Waals surface area contributed by atoms with E-state index in [9.17, 15) is 27.5 Å². The van der Waals surface area contributed by atoms with Crippen LogP contribution in [0.2, 0.25) is 0 Å². The summed E-state index contributed by atoms with van der Waals surface area (Å²) in [7, 11) is 0. The molecular formula is C31H30F4N2O2. The molecule has 1 fully saturated rings. The highest BCUT2D eigenvalue weighted by atomic mass is 19.4. The summed E-state index contributed by atoms with van der Waals surface area (Å²) in [5, 5.41) is 14.7. The van der Waals surface area contributed by atoms with Crippen LogP contribution in [0.4, 0.5) is 23.2 Å². The van der Waals surface area contributed by atoms with Crippen molar-refractivity contribution < 1.29 is 27.5 Å². The van der Waals surface area contributed by atoms with Crippen molar-refractivity contribution in [2.45, 2.75) is 58.2 Å². The molecular weight excluding hydrogens is 508 g/mol. The number of carboxylic acids is 1. The van der Waals surface area contributed by atoms with Gasteiger partial charge in [-0.2, -0.15) is 18.3 Å². The number of anilines is 1. The topological polar surface area (TPSA) is 52.9 Å². The van der Waals surface area contributed by atoms with E-state index >= 15 is 0 Å². The predicted octanol–water partition coefficient (Wildman–Crippen LogP) is 7.70. The van der Waals surface area contributed by atoms with Crippen molar-refractivity contribution in [2.75, 3.05) is 5.01 Å². The summed E-state index contributed by atoms with van der Waals surface area (Å²) in [6, 6.07) is 17.0.